The first kappa shape index (κ1) is 16.6. The van der Waals surface area contributed by atoms with E-state index >= 15 is 0 Å². The lowest BCUT2D eigenvalue weighted by molar-refractivity contribution is 0.112. The summed E-state index contributed by atoms with van der Waals surface area (Å²) in [5, 5.41) is 0. The first-order chi connectivity index (χ1) is 11.1. The summed E-state index contributed by atoms with van der Waals surface area (Å²) < 4.78 is 24.1. The van der Waals surface area contributed by atoms with Crippen LogP contribution in [0.4, 0.5) is 4.39 Å². The molecule has 0 aliphatic heterocycles. The Kier molecular flexibility index (Phi) is 5.37. The minimum absolute atomic E-state index is 0.355. The lowest BCUT2D eigenvalue weighted by Gasteiger charge is -2.11. The molecule has 2 rings (SSSR count). The molecule has 2 aromatic rings. The van der Waals surface area contributed by atoms with Crippen LogP contribution in [0.15, 0.2) is 30.3 Å². The van der Waals surface area contributed by atoms with Crippen molar-refractivity contribution in [2.24, 2.45) is 0 Å². The number of hydrogen-bond acceptors (Lipinski definition) is 3. The molecule has 0 unspecified atom stereocenters. The van der Waals surface area contributed by atoms with Gasteiger partial charge < -0.3 is 9.47 Å². The van der Waals surface area contributed by atoms with Gasteiger partial charge in [-0.1, -0.05) is 11.8 Å². The lowest BCUT2D eigenvalue weighted by atomic mass is 10.1. The Labute approximate surface area is 135 Å². The number of benzene rings is 2. The van der Waals surface area contributed by atoms with Crippen molar-refractivity contribution in [1.82, 2.24) is 0 Å². The number of aldehydes is 1. The summed E-state index contributed by atoms with van der Waals surface area (Å²) in [4.78, 5) is 11.0. The summed E-state index contributed by atoms with van der Waals surface area (Å²) in [5.41, 5.74) is 2.35. The van der Waals surface area contributed by atoms with Gasteiger partial charge in [-0.05, 0) is 49.7 Å². The highest BCUT2D eigenvalue weighted by Gasteiger charge is 2.08. The molecule has 0 aromatic heterocycles. The molecule has 0 fully saturated rings. The zero-order valence-electron chi connectivity index (χ0n) is 13.3. The van der Waals surface area contributed by atoms with Crippen molar-refractivity contribution >= 4 is 6.29 Å². The van der Waals surface area contributed by atoms with E-state index in [2.05, 4.69) is 11.8 Å². The summed E-state index contributed by atoms with van der Waals surface area (Å²) >= 11 is 0. The molecule has 0 amide bonds. The first-order valence-corrected chi connectivity index (χ1v) is 7.17. The van der Waals surface area contributed by atoms with Gasteiger partial charge in [-0.25, -0.2) is 4.39 Å². The fourth-order valence-electron chi connectivity index (χ4n) is 2.10. The molecular formula is C19H17FO3. The van der Waals surface area contributed by atoms with Crippen molar-refractivity contribution in [3.05, 3.63) is 58.4 Å². The van der Waals surface area contributed by atoms with E-state index in [-0.39, 0.29) is 0 Å². The molecule has 4 heteroatoms. The van der Waals surface area contributed by atoms with Gasteiger partial charge in [0.15, 0.2) is 17.8 Å². The maximum atomic E-state index is 13.3. The Balaban J connectivity index is 2.47. The van der Waals surface area contributed by atoms with Crippen LogP contribution < -0.4 is 9.47 Å². The van der Waals surface area contributed by atoms with Gasteiger partial charge in [-0.15, -0.1) is 0 Å². The predicted molar refractivity (Wildman–Crippen MR) is 86.7 cm³/mol. The Morgan fingerprint density at radius 1 is 1.13 bits per heavy atom. The van der Waals surface area contributed by atoms with Crippen LogP contribution in [-0.4, -0.2) is 20.0 Å². The van der Waals surface area contributed by atoms with E-state index < -0.39 is 5.82 Å². The number of carbonyl (C=O) groups is 1. The van der Waals surface area contributed by atoms with E-state index in [1.165, 1.54) is 18.2 Å². The van der Waals surface area contributed by atoms with E-state index in [0.717, 1.165) is 11.1 Å². The van der Waals surface area contributed by atoms with Crippen molar-refractivity contribution in [3.63, 3.8) is 0 Å². The number of rotatable bonds is 4. The van der Waals surface area contributed by atoms with Gasteiger partial charge in [0, 0.05) is 16.7 Å². The van der Waals surface area contributed by atoms with Gasteiger partial charge >= 0.3 is 0 Å². The molecule has 0 atom stereocenters. The number of halogens is 1. The lowest BCUT2D eigenvalue weighted by Crippen LogP contribution is -1.97. The minimum Gasteiger partial charge on any atom is -0.493 e. The maximum Gasteiger partial charge on any atom is 0.162 e. The normalized spacial score (nSPS) is 9.74. The summed E-state index contributed by atoms with van der Waals surface area (Å²) in [6, 6.07) is 7.52. The Bertz CT molecular complexity index is 785. The van der Waals surface area contributed by atoms with Crippen LogP contribution in [0.5, 0.6) is 11.5 Å². The zero-order valence-corrected chi connectivity index (χ0v) is 13.3. The Morgan fingerprint density at radius 3 is 2.52 bits per heavy atom. The first-order valence-electron chi connectivity index (χ1n) is 7.17. The standard InChI is InChI=1S/C19H17FO3/c1-4-23-19-11-14(13(2)9-18(19)22-3)5-6-15-10-17(20)8-7-16(15)12-21/h7-12H,4H2,1-3H3. The van der Waals surface area contributed by atoms with Crippen LogP contribution in [0.2, 0.25) is 0 Å². The summed E-state index contributed by atoms with van der Waals surface area (Å²) in [6.07, 6.45) is 0.663. The van der Waals surface area contributed by atoms with Gasteiger partial charge in [0.05, 0.1) is 13.7 Å². The molecule has 0 saturated heterocycles. The van der Waals surface area contributed by atoms with E-state index in [1.54, 1.807) is 13.2 Å². The van der Waals surface area contributed by atoms with Crippen molar-refractivity contribution in [1.29, 1.82) is 0 Å². The van der Waals surface area contributed by atoms with Crippen LogP contribution in [-0.2, 0) is 0 Å². The second kappa shape index (κ2) is 7.46. The smallest absolute Gasteiger partial charge is 0.162 e. The molecule has 0 aliphatic carbocycles. The van der Waals surface area contributed by atoms with E-state index in [9.17, 15) is 9.18 Å². The van der Waals surface area contributed by atoms with Crippen LogP contribution >= 0.6 is 0 Å². The average molecular weight is 312 g/mol. The largest absolute Gasteiger partial charge is 0.493 e. The number of aryl methyl sites for hydroxylation is 1. The molecule has 0 N–H and O–H groups in total. The second-order valence-electron chi connectivity index (χ2n) is 4.85. The van der Waals surface area contributed by atoms with Crippen molar-refractivity contribution in [2.75, 3.05) is 13.7 Å². The topological polar surface area (TPSA) is 35.5 Å². The van der Waals surface area contributed by atoms with Crippen molar-refractivity contribution in [2.45, 2.75) is 13.8 Å². The maximum absolute atomic E-state index is 13.3. The van der Waals surface area contributed by atoms with E-state index in [0.29, 0.717) is 35.5 Å². The van der Waals surface area contributed by atoms with Crippen LogP contribution in [0.3, 0.4) is 0 Å². The van der Waals surface area contributed by atoms with Gasteiger partial charge in [0.2, 0.25) is 0 Å². The van der Waals surface area contributed by atoms with Gasteiger partial charge in [-0.2, -0.15) is 0 Å². The zero-order chi connectivity index (χ0) is 16.8. The van der Waals surface area contributed by atoms with Crippen molar-refractivity contribution < 1.29 is 18.7 Å². The van der Waals surface area contributed by atoms with Gasteiger partial charge in [0.1, 0.15) is 5.82 Å². The molecule has 0 saturated carbocycles. The quantitative estimate of drug-likeness (QED) is 0.637. The predicted octanol–water partition coefficient (Wildman–Crippen LogP) is 3.75. The molecular weight excluding hydrogens is 295 g/mol. The number of ether oxygens (including phenoxy) is 2. The highest BCUT2D eigenvalue weighted by atomic mass is 19.1. The average Bonchev–Trinajstić information content (AvgIpc) is 2.55. The molecule has 23 heavy (non-hydrogen) atoms. The fourth-order valence-corrected chi connectivity index (χ4v) is 2.10. The third kappa shape index (κ3) is 3.89. The van der Waals surface area contributed by atoms with E-state index in [4.69, 9.17) is 9.47 Å². The third-order valence-corrected chi connectivity index (χ3v) is 3.28. The van der Waals surface area contributed by atoms with Crippen LogP contribution in [0, 0.1) is 24.6 Å². The monoisotopic (exact) mass is 312 g/mol. The number of methoxy groups -OCH3 is 1. The molecule has 0 aliphatic rings. The minimum atomic E-state index is -0.429. The number of hydrogen-bond donors (Lipinski definition) is 0. The molecule has 118 valence electrons. The Morgan fingerprint density at radius 2 is 1.87 bits per heavy atom. The van der Waals surface area contributed by atoms with Crippen LogP contribution in [0.25, 0.3) is 0 Å². The third-order valence-electron chi connectivity index (χ3n) is 3.28. The van der Waals surface area contributed by atoms with Gasteiger partial charge in [0.25, 0.3) is 0 Å². The van der Waals surface area contributed by atoms with Gasteiger partial charge in [-0.3, -0.25) is 4.79 Å². The summed E-state index contributed by atoms with van der Waals surface area (Å²) in [5.74, 6) is 6.62. The SMILES string of the molecule is CCOc1cc(C#Cc2cc(F)ccc2C=O)c(C)cc1OC. The van der Waals surface area contributed by atoms with Crippen LogP contribution in [0.1, 0.15) is 34.0 Å². The highest BCUT2D eigenvalue weighted by molar-refractivity contribution is 5.79. The second-order valence-corrected chi connectivity index (χ2v) is 4.85. The summed E-state index contributed by atoms with van der Waals surface area (Å²) in [7, 11) is 1.58. The van der Waals surface area contributed by atoms with E-state index in [1.807, 2.05) is 19.9 Å². The van der Waals surface area contributed by atoms with Crippen molar-refractivity contribution in [3.8, 4) is 23.3 Å². The highest BCUT2D eigenvalue weighted by Crippen LogP contribution is 2.30. The molecule has 2 aromatic carbocycles. The molecule has 0 heterocycles. The molecule has 0 bridgehead atoms. The summed E-state index contributed by atoms with van der Waals surface area (Å²) in [6.45, 7) is 4.29. The molecule has 0 spiro atoms. The molecule has 3 nitrogen and oxygen atoms in total. The fraction of sp³-hybridized carbons (Fsp3) is 0.211. The number of carbonyl (C=O) groups excluding carboxylic acids is 1. The molecule has 0 radical (unpaired) electrons. The Hall–Kier alpha value is -2.80.